The van der Waals surface area contributed by atoms with Crippen LogP contribution in [-0.2, 0) is 15.7 Å². The van der Waals surface area contributed by atoms with Gasteiger partial charge in [0.2, 0.25) is 11.7 Å². The normalized spacial score (nSPS) is 18.8. The number of halogens is 5. The van der Waals surface area contributed by atoms with Gasteiger partial charge in [-0.2, -0.15) is 22.0 Å². The fraction of sp³-hybridized carbons (Fsp3) is 0.476. The number of amides is 1. The molecule has 0 saturated carbocycles. The van der Waals surface area contributed by atoms with Crippen LogP contribution in [0.5, 0.6) is 6.08 Å². The number of ether oxygens (including phenoxy) is 3. The summed E-state index contributed by atoms with van der Waals surface area (Å²) in [7, 11) is 0. The monoisotopic (exact) mass is 517 g/mol. The molecule has 36 heavy (non-hydrogen) atoms. The number of rotatable bonds is 8. The summed E-state index contributed by atoms with van der Waals surface area (Å²) >= 11 is 0. The van der Waals surface area contributed by atoms with Crippen LogP contribution in [0.25, 0.3) is 10.9 Å². The Morgan fingerprint density at radius 3 is 2.67 bits per heavy atom. The molecule has 0 spiro atoms. The van der Waals surface area contributed by atoms with Gasteiger partial charge in [-0.3, -0.25) is 4.79 Å². The van der Waals surface area contributed by atoms with Crippen molar-refractivity contribution < 1.29 is 45.4 Å². The van der Waals surface area contributed by atoms with Gasteiger partial charge in [-0.25, -0.2) is 9.97 Å². The highest BCUT2D eigenvalue weighted by Crippen LogP contribution is 2.31. The summed E-state index contributed by atoms with van der Waals surface area (Å²) in [6.07, 6.45) is -6.49. The maximum atomic E-state index is 12.9. The first kappa shape index (κ1) is 25.6. The molecule has 1 aliphatic rings. The number of hydrogen-bond acceptors (Lipinski definition) is 9. The smallest absolute Gasteiger partial charge is 0.416 e. The summed E-state index contributed by atoms with van der Waals surface area (Å²) in [4.78, 5) is 20.5. The minimum absolute atomic E-state index is 0.108. The minimum Gasteiger partial charge on any atom is -0.447 e. The van der Waals surface area contributed by atoms with E-state index in [-0.39, 0.29) is 54.6 Å². The second kappa shape index (κ2) is 10.3. The van der Waals surface area contributed by atoms with E-state index >= 15 is 0 Å². The largest absolute Gasteiger partial charge is 0.447 e. The molecule has 0 unspecified atom stereocenters. The summed E-state index contributed by atoms with van der Waals surface area (Å²) in [5.74, 6) is -0.655. The topological polar surface area (TPSA) is 121 Å². The van der Waals surface area contributed by atoms with Crippen molar-refractivity contribution in [3.05, 3.63) is 41.7 Å². The molecule has 2 atom stereocenters. The maximum absolute atomic E-state index is 12.9. The van der Waals surface area contributed by atoms with E-state index in [2.05, 4.69) is 30.2 Å². The fourth-order valence-corrected chi connectivity index (χ4v) is 3.39. The van der Waals surface area contributed by atoms with Crippen LogP contribution in [0.2, 0.25) is 0 Å². The quantitative estimate of drug-likeness (QED) is 0.352. The second-order valence-electron chi connectivity index (χ2n) is 7.95. The Kier molecular flexibility index (Phi) is 7.31. The van der Waals surface area contributed by atoms with Gasteiger partial charge in [0.15, 0.2) is 0 Å². The van der Waals surface area contributed by atoms with Crippen molar-refractivity contribution in [3.63, 3.8) is 0 Å². The predicted octanol–water partition coefficient (Wildman–Crippen LogP) is 3.69. The summed E-state index contributed by atoms with van der Waals surface area (Å²) in [6, 6.07) is 2.60. The Balaban J connectivity index is 1.27. The van der Waals surface area contributed by atoms with Gasteiger partial charge in [0.05, 0.1) is 30.3 Å². The number of fused-ring (bicyclic) bond motifs is 1. The van der Waals surface area contributed by atoms with E-state index in [9.17, 15) is 26.7 Å². The summed E-state index contributed by atoms with van der Waals surface area (Å²) in [5.41, 5.74) is -0.632. The number of nitrogens with zero attached hydrogens (tertiary/aromatic N) is 4. The van der Waals surface area contributed by atoms with Crippen molar-refractivity contribution in [1.82, 2.24) is 25.5 Å². The number of benzene rings is 1. The van der Waals surface area contributed by atoms with Gasteiger partial charge in [-0.15, -0.1) is 5.10 Å². The van der Waals surface area contributed by atoms with E-state index in [1.54, 1.807) is 0 Å². The summed E-state index contributed by atoms with van der Waals surface area (Å²) in [5, 5.41) is 10.4. The zero-order valence-corrected chi connectivity index (χ0v) is 18.7. The molecule has 1 N–H and O–H groups in total. The first-order valence-electron chi connectivity index (χ1n) is 10.7. The molecular formula is C21H20F5N5O5. The third-order valence-electron chi connectivity index (χ3n) is 5.08. The third-order valence-corrected chi connectivity index (χ3v) is 5.08. The molecule has 3 aromatic rings. The van der Waals surface area contributed by atoms with Gasteiger partial charge in [0, 0.05) is 18.5 Å². The van der Waals surface area contributed by atoms with Crippen molar-refractivity contribution in [2.45, 2.75) is 44.2 Å². The van der Waals surface area contributed by atoms with E-state index in [0.717, 1.165) is 18.3 Å². The molecule has 1 fully saturated rings. The van der Waals surface area contributed by atoms with Gasteiger partial charge >= 0.3 is 18.4 Å². The zero-order chi connectivity index (χ0) is 25.9. The molecule has 1 aliphatic heterocycles. The molecule has 4 rings (SSSR count). The third kappa shape index (κ3) is 6.60. The van der Waals surface area contributed by atoms with E-state index in [1.165, 1.54) is 6.07 Å². The highest BCUT2D eigenvalue weighted by molar-refractivity contribution is 5.92. The molecule has 15 heteroatoms. The lowest BCUT2D eigenvalue weighted by Gasteiger charge is -2.27. The maximum Gasteiger partial charge on any atom is 0.416 e. The van der Waals surface area contributed by atoms with Crippen LogP contribution in [0.4, 0.5) is 22.0 Å². The van der Waals surface area contributed by atoms with Crippen LogP contribution < -0.4 is 10.1 Å². The predicted molar refractivity (Wildman–Crippen MR) is 110 cm³/mol. The number of alkyl halides is 5. The highest BCUT2D eigenvalue weighted by atomic mass is 19.4. The number of aromatic nitrogens is 4. The molecule has 3 heterocycles. The Bertz CT molecular complexity index is 1210. The lowest BCUT2D eigenvalue weighted by atomic mass is 10.0. The van der Waals surface area contributed by atoms with Gasteiger partial charge in [0.1, 0.15) is 12.7 Å². The molecule has 2 aromatic heterocycles. The van der Waals surface area contributed by atoms with Crippen LogP contribution in [0.15, 0.2) is 28.8 Å². The SMILES string of the molecule is CC(F)(F)OCCOc1nnc([C@H]2CC[C@H](NC(=O)c3ncc4cc(C(F)(F)F)ccc4n3)CO2)o1. The van der Waals surface area contributed by atoms with Crippen LogP contribution in [0.3, 0.4) is 0 Å². The van der Waals surface area contributed by atoms with E-state index < -0.39 is 29.9 Å². The van der Waals surface area contributed by atoms with Crippen LogP contribution in [-0.4, -0.2) is 58.0 Å². The fourth-order valence-electron chi connectivity index (χ4n) is 3.39. The molecule has 10 nitrogen and oxygen atoms in total. The molecule has 1 aromatic carbocycles. The summed E-state index contributed by atoms with van der Waals surface area (Å²) < 4.78 is 84.1. The lowest BCUT2D eigenvalue weighted by molar-refractivity contribution is -0.226. The zero-order valence-electron chi connectivity index (χ0n) is 18.7. The van der Waals surface area contributed by atoms with Crippen molar-refractivity contribution in [1.29, 1.82) is 0 Å². The number of carbonyl (C=O) groups is 1. The van der Waals surface area contributed by atoms with Gasteiger partial charge in [0.25, 0.3) is 5.91 Å². The molecule has 0 aliphatic carbocycles. The Hall–Kier alpha value is -3.46. The average molecular weight is 517 g/mol. The molecule has 194 valence electrons. The molecule has 0 bridgehead atoms. The van der Waals surface area contributed by atoms with Crippen molar-refractivity contribution in [2.24, 2.45) is 0 Å². The van der Waals surface area contributed by atoms with Crippen molar-refractivity contribution in [3.8, 4) is 6.08 Å². The number of nitrogens with one attached hydrogen (secondary N) is 1. The van der Waals surface area contributed by atoms with E-state index in [4.69, 9.17) is 13.9 Å². The van der Waals surface area contributed by atoms with E-state index in [1.807, 2.05) is 0 Å². The summed E-state index contributed by atoms with van der Waals surface area (Å²) in [6.45, 7) is 0.124. The first-order chi connectivity index (χ1) is 17.0. The molecule has 1 amide bonds. The molecular weight excluding hydrogens is 497 g/mol. The van der Waals surface area contributed by atoms with Crippen LogP contribution in [0.1, 0.15) is 47.9 Å². The van der Waals surface area contributed by atoms with E-state index in [0.29, 0.717) is 19.8 Å². The van der Waals surface area contributed by atoms with Crippen molar-refractivity contribution >= 4 is 16.8 Å². The highest BCUT2D eigenvalue weighted by Gasteiger charge is 2.31. The van der Waals surface area contributed by atoms with Crippen LogP contribution >= 0.6 is 0 Å². The number of carbonyl (C=O) groups excluding carboxylic acids is 1. The Morgan fingerprint density at radius 2 is 1.97 bits per heavy atom. The van der Waals surface area contributed by atoms with Gasteiger partial charge in [-0.05, 0) is 31.0 Å². The average Bonchev–Trinajstić information content (AvgIpc) is 3.29. The van der Waals surface area contributed by atoms with Gasteiger partial charge in [-0.1, -0.05) is 5.10 Å². The number of hydrogen-bond donors (Lipinski definition) is 1. The standard InChI is InChI=1S/C21H20F5N5O5/c1-20(22,23)35-7-6-33-19-31-30-18(36-19)15-5-3-13(10-34-15)28-17(32)16-27-9-11-8-12(21(24,25)26)2-4-14(11)29-16/h2,4,8-9,13,15H,3,5-7,10H2,1H3,(H,28,32)/t13-,15+/m0/s1. The van der Waals surface area contributed by atoms with Crippen molar-refractivity contribution in [2.75, 3.05) is 19.8 Å². The molecule has 1 saturated heterocycles. The minimum atomic E-state index is -4.50. The van der Waals surface area contributed by atoms with Gasteiger partial charge < -0.3 is 23.9 Å². The Morgan fingerprint density at radius 1 is 1.17 bits per heavy atom. The lowest BCUT2D eigenvalue weighted by Crippen LogP contribution is -2.41. The second-order valence-corrected chi connectivity index (χ2v) is 7.95. The first-order valence-corrected chi connectivity index (χ1v) is 10.7. The Labute approximate surface area is 200 Å². The molecule has 0 radical (unpaired) electrons. The van der Waals surface area contributed by atoms with Crippen LogP contribution in [0, 0.1) is 0 Å².